The molecular weight excluding hydrogens is 318 g/mol. The van der Waals surface area contributed by atoms with Gasteiger partial charge in [-0.1, -0.05) is 47.7 Å². The molecule has 0 aliphatic heterocycles. The maximum atomic E-state index is 3.81. The molecule has 1 aromatic rings. The summed E-state index contributed by atoms with van der Waals surface area (Å²) in [6, 6.07) is 4.97. The van der Waals surface area contributed by atoms with E-state index in [1.54, 1.807) is 0 Å². The van der Waals surface area contributed by atoms with Gasteiger partial charge in [-0.25, -0.2) is 0 Å². The Morgan fingerprint density at radius 3 is 2.53 bits per heavy atom. The van der Waals surface area contributed by atoms with Crippen molar-refractivity contribution in [3.05, 3.63) is 22.4 Å². The average Bonchev–Trinajstić information content (AvgIpc) is 2.85. The van der Waals surface area contributed by atoms with Gasteiger partial charge < -0.3 is 0 Å². The van der Waals surface area contributed by atoms with E-state index in [2.05, 4.69) is 52.3 Å². The fourth-order valence-corrected chi connectivity index (χ4v) is 4.81. The molecule has 1 saturated carbocycles. The number of alkyl halides is 1. The van der Waals surface area contributed by atoms with Crippen LogP contribution in [-0.2, 0) is 0 Å². The predicted octanol–water partition coefficient (Wildman–Crippen LogP) is 5.48. The van der Waals surface area contributed by atoms with Gasteiger partial charge in [0, 0.05) is 22.8 Å². The third-order valence-electron chi connectivity index (χ3n) is 4.65. The van der Waals surface area contributed by atoms with E-state index in [0.717, 1.165) is 5.33 Å². The minimum Gasteiger partial charge on any atom is -0.298 e. The maximum absolute atomic E-state index is 3.81. The zero-order valence-electron chi connectivity index (χ0n) is 12.2. The Morgan fingerprint density at radius 2 is 2.00 bits per heavy atom. The number of halogens is 1. The van der Waals surface area contributed by atoms with Crippen molar-refractivity contribution in [3.8, 4) is 0 Å². The van der Waals surface area contributed by atoms with Gasteiger partial charge in [-0.15, -0.1) is 11.3 Å². The van der Waals surface area contributed by atoms with Gasteiger partial charge in [-0.05, 0) is 43.7 Å². The molecule has 0 saturated heterocycles. The monoisotopic (exact) mass is 343 g/mol. The fraction of sp³-hybridized carbons (Fsp3) is 0.750. The van der Waals surface area contributed by atoms with Crippen molar-refractivity contribution in [1.29, 1.82) is 0 Å². The van der Waals surface area contributed by atoms with Crippen molar-refractivity contribution in [2.75, 3.05) is 18.9 Å². The fourth-order valence-electron chi connectivity index (χ4n) is 3.22. The SMILES string of the molecule is CC(c1cccs1)N(C)CC1(CBr)CCCCCC1. The highest BCUT2D eigenvalue weighted by Gasteiger charge is 2.32. The largest absolute Gasteiger partial charge is 0.298 e. The van der Waals surface area contributed by atoms with Gasteiger partial charge in [-0.2, -0.15) is 0 Å². The van der Waals surface area contributed by atoms with Crippen LogP contribution in [0.2, 0.25) is 0 Å². The average molecular weight is 344 g/mol. The molecule has 19 heavy (non-hydrogen) atoms. The summed E-state index contributed by atoms with van der Waals surface area (Å²) in [5.41, 5.74) is 0.497. The van der Waals surface area contributed by atoms with E-state index in [1.165, 1.54) is 49.9 Å². The minimum absolute atomic E-state index is 0.497. The summed E-state index contributed by atoms with van der Waals surface area (Å²) in [4.78, 5) is 4.04. The summed E-state index contributed by atoms with van der Waals surface area (Å²) in [5, 5.41) is 3.34. The number of hydrogen-bond donors (Lipinski definition) is 0. The van der Waals surface area contributed by atoms with Crippen molar-refractivity contribution in [3.63, 3.8) is 0 Å². The summed E-state index contributed by atoms with van der Waals surface area (Å²) >= 11 is 5.68. The summed E-state index contributed by atoms with van der Waals surface area (Å²) in [6.45, 7) is 3.56. The number of hydrogen-bond acceptors (Lipinski definition) is 2. The summed E-state index contributed by atoms with van der Waals surface area (Å²) < 4.78 is 0. The second-order valence-electron chi connectivity index (χ2n) is 6.15. The van der Waals surface area contributed by atoms with Crippen LogP contribution in [0.5, 0.6) is 0 Å². The first-order valence-corrected chi connectivity index (χ1v) is 9.47. The highest BCUT2D eigenvalue weighted by atomic mass is 79.9. The smallest absolute Gasteiger partial charge is 0.0410 e. The number of nitrogens with zero attached hydrogens (tertiary/aromatic N) is 1. The molecule has 1 unspecified atom stereocenters. The summed E-state index contributed by atoms with van der Waals surface area (Å²) in [7, 11) is 2.29. The van der Waals surface area contributed by atoms with Crippen molar-refractivity contribution in [2.45, 2.75) is 51.5 Å². The van der Waals surface area contributed by atoms with Crippen LogP contribution >= 0.6 is 27.3 Å². The van der Waals surface area contributed by atoms with E-state index in [0.29, 0.717) is 11.5 Å². The molecule has 1 nitrogen and oxygen atoms in total. The normalized spacial score (nSPS) is 21.3. The molecule has 3 heteroatoms. The predicted molar refractivity (Wildman–Crippen MR) is 89.3 cm³/mol. The van der Waals surface area contributed by atoms with Crippen LogP contribution in [0.4, 0.5) is 0 Å². The van der Waals surface area contributed by atoms with Gasteiger partial charge in [0.05, 0.1) is 0 Å². The molecule has 1 atom stereocenters. The van der Waals surface area contributed by atoms with E-state index in [9.17, 15) is 0 Å². The van der Waals surface area contributed by atoms with Gasteiger partial charge in [0.25, 0.3) is 0 Å². The third-order valence-corrected chi connectivity index (χ3v) is 6.88. The highest BCUT2D eigenvalue weighted by molar-refractivity contribution is 9.09. The highest BCUT2D eigenvalue weighted by Crippen LogP contribution is 2.39. The second-order valence-corrected chi connectivity index (χ2v) is 7.69. The Morgan fingerprint density at radius 1 is 1.32 bits per heavy atom. The van der Waals surface area contributed by atoms with E-state index in [1.807, 2.05) is 11.3 Å². The molecular formula is C16H26BrNS. The van der Waals surface area contributed by atoms with Crippen molar-refractivity contribution in [2.24, 2.45) is 5.41 Å². The first kappa shape index (κ1) is 15.5. The molecule has 0 radical (unpaired) electrons. The van der Waals surface area contributed by atoms with Crippen LogP contribution in [0.1, 0.15) is 56.4 Å². The Labute approximate surface area is 130 Å². The Bertz CT molecular complexity index is 355. The lowest BCUT2D eigenvalue weighted by Crippen LogP contribution is -2.38. The Balaban J connectivity index is 2.00. The Hall–Kier alpha value is 0.140. The molecule has 1 aliphatic rings. The molecule has 108 valence electrons. The lowest BCUT2D eigenvalue weighted by Gasteiger charge is -2.37. The quantitative estimate of drug-likeness (QED) is 0.505. The third kappa shape index (κ3) is 4.05. The van der Waals surface area contributed by atoms with Crippen molar-refractivity contribution < 1.29 is 0 Å². The lowest BCUT2D eigenvalue weighted by molar-refractivity contribution is 0.145. The van der Waals surface area contributed by atoms with Crippen LogP contribution in [0.15, 0.2) is 17.5 Å². The molecule has 1 fully saturated rings. The van der Waals surface area contributed by atoms with Crippen molar-refractivity contribution >= 4 is 27.3 Å². The standard InChI is InChI=1S/C16H26BrNS/c1-14(15-8-7-11-19-15)18(2)13-16(12-17)9-5-3-4-6-10-16/h7-8,11,14H,3-6,9-10,12-13H2,1-2H3. The maximum Gasteiger partial charge on any atom is 0.0410 e. The van der Waals surface area contributed by atoms with Crippen LogP contribution in [0.25, 0.3) is 0 Å². The number of rotatable bonds is 5. The van der Waals surface area contributed by atoms with Crippen molar-refractivity contribution in [1.82, 2.24) is 4.90 Å². The van der Waals surface area contributed by atoms with Crippen LogP contribution in [0.3, 0.4) is 0 Å². The van der Waals surface area contributed by atoms with E-state index in [4.69, 9.17) is 0 Å². The van der Waals surface area contributed by atoms with Crippen LogP contribution in [-0.4, -0.2) is 23.8 Å². The lowest BCUT2D eigenvalue weighted by atomic mass is 9.81. The summed E-state index contributed by atoms with van der Waals surface area (Å²) in [5.74, 6) is 0. The molecule has 2 rings (SSSR count). The van der Waals surface area contributed by atoms with Gasteiger partial charge in [0.2, 0.25) is 0 Å². The first-order chi connectivity index (χ1) is 9.17. The van der Waals surface area contributed by atoms with Gasteiger partial charge in [0.15, 0.2) is 0 Å². The zero-order chi connectivity index (χ0) is 13.7. The number of thiophene rings is 1. The molecule has 0 spiro atoms. The molecule has 1 heterocycles. The Kier molecular flexibility index (Phi) is 5.91. The van der Waals surface area contributed by atoms with E-state index >= 15 is 0 Å². The second kappa shape index (κ2) is 7.24. The molecule has 0 amide bonds. The minimum atomic E-state index is 0.497. The summed E-state index contributed by atoms with van der Waals surface area (Å²) in [6.07, 6.45) is 8.46. The van der Waals surface area contributed by atoms with Gasteiger partial charge >= 0.3 is 0 Å². The molecule has 1 aromatic heterocycles. The first-order valence-electron chi connectivity index (χ1n) is 7.46. The molecule has 0 N–H and O–H groups in total. The van der Waals surface area contributed by atoms with E-state index < -0.39 is 0 Å². The van der Waals surface area contributed by atoms with Crippen LogP contribution < -0.4 is 0 Å². The van der Waals surface area contributed by atoms with Gasteiger partial charge in [-0.3, -0.25) is 4.90 Å². The zero-order valence-corrected chi connectivity index (χ0v) is 14.6. The van der Waals surface area contributed by atoms with E-state index in [-0.39, 0.29) is 0 Å². The molecule has 1 aliphatic carbocycles. The molecule has 0 bridgehead atoms. The van der Waals surface area contributed by atoms with Gasteiger partial charge in [0.1, 0.15) is 0 Å². The molecule has 0 aromatic carbocycles. The topological polar surface area (TPSA) is 3.24 Å². The van der Waals surface area contributed by atoms with Crippen LogP contribution in [0, 0.1) is 5.41 Å².